The Morgan fingerprint density at radius 3 is 2.55 bits per heavy atom. The highest BCUT2D eigenvalue weighted by molar-refractivity contribution is 7.08. The molecule has 2 heterocycles. The molecule has 0 unspecified atom stereocenters. The summed E-state index contributed by atoms with van der Waals surface area (Å²) in [6, 6.07) is 21.5. The third kappa shape index (κ3) is 5.24. The molecule has 0 spiro atoms. The minimum atomic E-state index is -0.0623. The van der Waals surface area contributed by atoms with E-state index in [1.807, 2.05) is 83.6 Å². The van der Waals surface area contributed by atoms with Gasteiger partial charge in [0.05, 0.1) is 11.2 Å². The zero-order valence-corrected chi connectivity index (χ0v) is 17.8. The van der Waals surface area contributed by atoms with Crippen LogP contribution in [0.4, 0.5) is 0 Å². The van der Waals surface area contributed by atoms with Gasteiger partial charge in [-0.15, -0.1) is 0 Å². The van der Waals surface area contributed by atoms with E-state index < -0.39 is 0 Å². The molecule has 2 N–H and O–H groups in total. The number of fused-ring (bicyclic) bond motifs is 1. The molecule has 0 aliphatic heterocycles. The van der Waals surface area contributed by atoms with Gasteiger partial charge in [-0.3, -0.25) is 10.8 Å². The lowest BCUT2D eigenvalue weighted by Gasteiger charge is -2.11. The lowest BCUT2D eigenvalue weighted by Crippen LogP contribution is -2.09. The molecule has 154 valence electrons. The summed E-state index contributed by atoms with van der Waals surface area (Å²) in [6.45, 7) is 1.88. The lowest BCUT2D eigenvalue weighted by atomic mass is 10.0. The second kappa shape index (κ2) is 9.36. The summed E-state index contributed by atoms with van der Waals surface area (Å²) in [6.07, 6.45) is 1.89. The molecule has 0 bridgehead atoms. The SMILES string of the molecule is CC(=N)OC(=N)C(=Cc1ccsc1)c1ccc(OCc2ccc3ccccc3n2)cc1. The van der Waals surface area contributed by atoms with Gasteiger partial charge in [-0.05, 0) is 58.3 Å². The molecular formula is C25H21N3O2S. The summed E-state index contributed by atoms with van der Waals surface area (Å²) in [4.78, 5) is 4.63. The zero-order chi connectivity index (χ0) is 21.6. The van der Waals surface area contributed by atoms with Crippen LogP contribution in [0.1, 0.15) is 23.7 Å². The number of hydrogen-bond acceptors (Lipinski definition) is 6. The first-order valence-electron chi connectivity index (χ1n) is 9.72. The lowest BCUT2D eigenvalue weighted by molar-refractivity contribution is 0.302. The number of thiophene rings is 1. The highest BCUT2D eigenvalue weighted by Gasteiger charge is 2.12. The quantitative estimate of drug-likeness (QED) is 0.276. The van der Waals surface area contributed by atoms with Crippen molar-refractivity contribution in [3.63, 3.8) is 0 Å². The van der Waals surface area contributed by atoms with Crippen molar-refractivity contribution < 1.29 is 9.47 Å². The normalized spacial score (nSPS) is 11.3. The molecule has 0 radical (unpaired) electrons. The van der Waals surface area contributed by atoms with Gasteiger partial charge in [-0.1, -0.05) is 36.4 Å². The van der Waals surface area contributed by atoms with Crippen LogP contribution in [-0.4, -0.2) is 16.8 Å². The van der Waals surface area contributed by atoms with Crippen LogP contribution in [0, 0.1) is 10.8 Å². The van der Waals surface area contributed by atoms with Crippen molar-refractivity contribution in [1.29, 1.82) is 10.8 Å². The van der Waals surface area contributed by atoms with Crippen LogP contribution in [0.5, 0.6) is 5.75 Å². The van der Waals surface area contributed by atoms with Gasteiger partial charge in [0.1, 0.15) is 12.4 Å². The van der Waals surface area contributed by atoms with Gasteiger partial charge in [-0.25, -0.2) is 4.98 Å². The van der Waals surface area contributed by atoms with Crippen molar-refractivity contribution in [2.45, 2.75) is 13.5 Å². The first-order valence-corrected chi connectivity index (χ1v) is 10.7. The van der Waals surface area contributed by atoms with E-state index in [0.29, 0.717) is 17.9 Å². The molecule has 0 amide bonds. The van der Waals surface area contributed by atoms with Gasteiger partial charge in [0, 0.05) is 17.9 Å². The Bertz CT molecular complexity index is 1250. The molecule has 2 aromatic carbocycles. The Hall–Kier alpha value is -3.77. The first-order chi connectivity index (χ1) is 15.1. The summed E-state index contributed by atoms with van der Waals surface area (Å²) in [5.41, 5.74) is 4.21. The Morgan fingerprint density at radius 2 is 1.81 bits per heavy atom. The maximum atomic E-state index is 8.26. The average Bonchev–Trinajstić information content (AvgIpc) is 3.29. The molecule has 31 heavy (non-hydrogen) atoms. The van der Waals surface area contributed by atoms with Gasteiger partial charge >= 0.3 is 0 Å². The second-order valence-corrected chi connectivity index (χ2v) is 7.69. The standard InChI is InChI=1S/C25H21N3O2S/c1-17(26)30-25(27)23(14-18-12-13-31-16-18)19-7-10-22(11-8-19)29-15-21-9-6-20-4-2-3-5-24(20)28-21/h2-14,16,26-27H,15H2,1H3. The van der Waals surface area contributed by atoms with Crippen LogP contribution in [0.3, 0.4) is 0 Å². The van der Waals surface area contributed by atoms with Crippen LogP contribution >= 0.6 is 11.3 Å². The van der Waals surface area contributed by atoms with Crippen LogP contribution in [0.2, 0.25) is 0 Å². The topological polar surface area (TPSA) is 79.0 Å². The molecule has 2 aromatic heterocycles. The van der Waals surface area contributed by atoms with Crippen molar-refractivity contribution in [3.8, 4) is 5.75 Å². The van der Waals surface area contributed by atoms with E-state index in [2.05, 4.69) is 4.98 Å². The van der Waals surface area contributed by atoms with Crippen molar-refractivity contribution in [2.24, 2.45) is 0 Å². The molecule has 0 fully saturated rings. The highest BCUT2D eigenvalue weighted by Crippen LogP contribution is 2.24. The van der Waals surface area contributed by atoms with E-state index in [1.54, 1.807) is 11.3 Å². The Labute approximate surface area is 184 Å². The Balaban J connectivity index is 1.50. The number of rotatable bonds is 6. The number of benzene rings is 2. The van der Waals surface area contributed by atoms with Gasteiger partial charge < -0.3 is 9.47 Å². The van der Waals surface area contributed by atoms with Gasteiger partial charge in [0.15, 0.2) is 5.90 Å². The van der Waals surface area contributed by atoms with E-state index in [0.717, 1.165) is 27.7 Å². The monoisotopic (exact) mass is 427 g/mol. The average molecular weight is 428 g/mol. The predicted octanol–water partition coefficient (Wildman–Crippen LogP) is 6.41. The molecule has 0 atom stereocenters. The first kappa shape index (κ1) is 20.5. The van der Waals surface area contributed by atoms with Gasteiger partial charge in [0.2, 0.25) is 5.90 Å². The fourth-order valence-corrected chi connectivity index (χ4v) is 3.71. The number of ether oxygens (including phenoxy) is 2. The largest absolute Gasteiger partial charge is 0.487 e. The predicted molar refractivity (Wildman–Crippen MR) is 127 cm³/mol. The van der Waals surface area contributed by atoms with Gasteiger partial charge in [0.25, 0.3) is 0 Å². The van der Waals surface area contributed by atoms with Crippen molar-refractivity contribution in [2.75, 3.05) is 0 Å². The molecule has 0 aliphatic rings. The van der Waals surface area contributed by atoms with Gasteiger partial charge in [-0.2, -0.15) is 11.3 Å². The number of nitrogens with zero attached hydrogens (tertiary/aromatic N) is 1. The molecule has 0 aliphatic carbocycles. The smallest absolute Gasteiger partial charge is 0.221 e. The number of para-hydroxylation sites is 1. The fraction of sp³-hybridized carbons (Fsp3) is 0.0800. The molecular weight excluding hydrogens is 406 g/mol. The van der Waals surface area contributed by atoms with E-state index >= 15 is 0 Å². The van der Waals surface area contributed by atoms with E-state index in [-0.39, 0.29) is 11.8 Å². The Kier molecular flexibility index (Phi) is 6.19. The van der Waals surface area contributed by atoms with Crippen LogP contribution in [0.15, 0.2) is 77.5 Å². The van der Waals surface area contributed by atoms with Crippen LogP contribution in [0.25, 0.3) is 22.6 Å². The molecule has 4 aromatic rings. The molecule has 0 saturated carbocycles. The summed E-state index contributed by atoms with van der Waals surface area (Å²) >= 11 is 1.59. The minimum absolute atomic E-state index is 0.0240. The van der Waals surface area contributed by atoms with Crippen molar-refractivity contribution in [3.05, 3.63) is 94.3 Å². The van der Waals surface area contributed by atoms with Crippen LogP contribution < -0.4 is 4.74 Å². The molecule has 6 heteroatoms. The summed E-state index contributed by atoms with van der Waals surface area (Å²) < 4.78 is 11.2. The van der Waals surface area contributed by atoms with Crippen molar-refractivity contribution >= 4 is 45.7 Å². The zero-order valence-electron chi connectivity index (χ0n) is 17.0. The second-order valence-electron chi connectivity index (χ2n) is 6.91. The minimum Gasteiger partial charge on any atom is -0.487 e. The summed E-state index contributed by atoms with van der Waals surface area (Å²) in [5, 5.41) is 20.9. The number of aromatic nitrogens is 1. The summed E-state index contributed by atoms with van der Waals surface area (Å²) in [5.74, 6) is 0.626. The molecule has 0 saturated heterocycles. The van der Waals surface area contributed by atoms with E-state index in [9.17, 15) is 0 Å². The van der Waals surface area contributed by atoms with E-state index in [1.165, 1.54) is 6.92 Å². The maximum Gasteiger partial charge on any atom is 0.221 e. The Morgan fingerprint density at radius 1 is 1.00 bits per heavy atom. The third-order valence-electron chi connectivity index (χ3n) is 4.56. The maximum absolute atomic E-state index is 8.26. The van der Waals surface area contributed by atoms with Crippen molar-refractivity contribution in [1.82, 2.24) is 4.98 Å². The third-order valence-corrected chi connectivity index (χ3v) is 5.26. The molecule has 5 nitrogen and oxygen atoms in total. The highest BCUT2D eigenvalue weighted by atomic mass is 32.1. The van der Waals surface area contributed by atoms with E-state index in [4.69, 9.17) is 20.3 Å². The summed E-state index contributed by atoms with van der Waals surface area (Å²) in [7, 11) is 0. The fourth-order valence-electron chi connectivity index (χ4n) is 3.09. The number of hydrogen-bond donors (Lipinski definition) is 2. The number of nitrogens with one attached hydrogen (secondary N) is 2. The number of pyridine rings is 1. The van der Waals surface area contributed by atoms with Crippen LogP contribution in [-0.2, 0) is 11.3 Å². The molecule has 4 rings (SSSR count).